The number of methoxy groups -OCH3 is 1. The van der Waals surface area contributed by atoms with Crippen LogP contribution in [0.25, 0.3) is 0 Å². The van der Waals surface area contributed by atoms with Crippen LogP contribution in [0.2, 0.25) is 0 Å². The number of rotatable bonds is 6. The zero-order chi connectivity index (χ0) is 11.1. The molecule has 1 rings (SSSR count). The maximum absolute atomic E-state index is 11.2. The van der Waals surface area contributed by atoms with Crippen LogP contribution in [0, 0.1) is 0 Å². The smallest absolute Gasteiger partial charge is 0.334 e. The summed E-state index contributed by atoms with van der Waals surface area (Å²) in [5.74, 6) is -0.336. The van der Waals surface area contributed by atoms with E-state index in [1.807, 2.05) is 6.92 Å². The molecule has 1 heterocycles. The molecule has 0 spiro atoms. The third-order valence-electron chi connectivity index (χ3n) is 1.98. The highest BCUT2D eigenvalue weighted by atomic mass is 16.6. The number of carbonyl (C=O) groups excluding carboxylic acids is 1. The van der Waals surface area contributed by atoms with E-state index < -0.39 is 6.10 Å². The lowest BCUT2D eigenvalue weighted by atomic mass is 10.3. The van der Waals surface area contributed by atoms with E-state index in [1.165, 1.54) is 7.11 Å². The minimum absolute atomic E-state index is 0.336. The van der Waals surface area contributed by atoms with Crippen molar-refractivity contribution in [3.8, 4) is 0 Å². The van der Waals surface area contributed by atoms with Crippen molar-refractivity contribution < 1.29 is 14.3 Å². The number of nitrogens with zero attached hydrogens (tertiary/aromatic N) is 2. The Morgan fingerprint density at radius 1 is 1.67 bits per heavy atom. The molecular formula is C9H15N3O3. The van der Waals surface area contributed by atoms with E-state index in [9.17, 15) is 4.79 Å². The van der Waals surface area contributed by atoms with Crippen LogP contribution < -0.4 is 0 Å². The van der Waals surface area contributed by atoms with E-state index in [4.69, 9.17) is 4.74 Å². The fourth-order valence-corrected chi connectivity index (χ4v) is 1.14. The molecule has 0 radical (unpaired) electrons. The summed E-state index contributed by atoms with van der Waals surface area (Å²) in [6.45, 7) is 2.30. The van der Waals surface area contributed by atoms with Gasteiger partial charge in [-0.15, -0.1) is 5.10 Å². The predicted octanol–water partition coefficient (Wildman–Crippen LogP) is 0.315. The Hall–Kier alpha value is -1.43. The first-order valence-electron chi connectivity index (χ1n) is 4.82. The maximum Gasteiger partial charge on any atom is 0.334 e. The molecule has 6 nitrogen and oxygen atoms in total. The molecule has 0 aliphatic carbocycles. The highest BCUT2D eigenvalue weighted by Gasteiger charge is 2.16. The average molecular weight is 213 g/mol. The molecule has 0 saturated heterocycles. The number of hydrogen-bond acceptors (Lipinski definition) is 5. The number of ether oxygens (including phenoxy) is 2. The number of carbonyl (C=O) groups is 1. The quantitative estimate of drug-likeness (QED) is 0.688. The molecule has 84 valence electrons. The van der Waals surface area contributed by atoms with Crippen LogP contribution in [-0.4, -0.2) is 41.2 Å². The van der Waals surface area contributed by atoms with Crippen molar-refractivity contribution in [3.63, 3.8) is 0 Å². The lowest BCUT2D eigenvalue weighted by Gasteiger charge is -2.12. The van der Waals surface area contributed by atoms with Crippen LogP contribution in [0.3, 0.4) is 0 Å². The largest absolute Gasteiger partial charge is 0.467 e. The fourth-order valence-electron chi connectivity index (χ4n) is 1.14. The van der Waals surface area contributed by atoms with Gasteiger partial charge in [-0.1, -0.05) is 12.1 Å². The van der Waals surface area contributed by atoms with Gasteiger partial charge in [-0.05, 0) is 6.42 Å². The first-order valence-corrected chi connectivity index (χ1v) is 4.82. The van der Waals surface area contributed by atoms with E-state index in [2.05, 4.69) is 20.1 Å². The van der Waals surface area contributed by atoms with Gasteiger partial charge in [0.2, 0.25) is 0 Å². The molecule has 0 fully saturated rings. The van der Waals surface area contributed by atoms with Crippen molar-refractivity contribution in [1.82, 2.24) is 15.4 Å². The number of aromatic amines is 1. The second-order valence-corrected chi connectivity index (χ2v) is 3.01. The third-order valence-corrected chi connectivity index (χ3v) is 1.98. The van der Waals surface area contributed by atoms with E-state index in [0.29, 0.717) is 19.4 Å². The Balaban J connectivity index is 2.26. The molecule has 1 N–H and O–H groups in total. The van der Waals surface area contributed by atoms with Crippen LogP contribution in [-0.2, 0) is 20.7 Å². The van der Waals surface area contributed by atoms with Crippen molar-refractivity contribution in [2.75, 3.05) is 13.7 Å². The van der Waals surface area contributed by atoms with Crippen molar-refractivity contribution in [1.29, 1.82) is 0 Å². The van der Waals surface area contributed by atoms with Crippen molar-refractivity contribution in [2.24, 2.45) is 0 Å². The highest BCUT2D eigenvalue weighted by molar-refractivity contribution is 5.74. The summed E-state index contributed by atoms with van der Waals surface area (Å²) in [6, 6.07) is 0. The Morgan fingerprint density at radius 2 is 2.47 bits per heavy atom. The van der Waals surface area contributed by atoms with E-state index in [0.717, 1.165) is 5.69 Å². The first-order chi connectivity index (χ1) is 7.27. The van der Waals surface area contributed by atoms with Gasteiger partial charge in [0.05, 0.1) is 19.4 Å². The Labute approximate surface area is 88.0 Å². The molecule has 0 bridgehead atoms. The molecule has 0 aromatic carbocycles. The minimum atomic E-state index is -0.484. The molecule has 0 aliphatic heterocycles. The molecule has 1 unspecified atom stereocenters. The van der Waals surface area contributed by atoms with Gasteiger partial charge in [-0.3, -0.25) is 5.10 Å². The van der Waals surface area contributed by atoms with Gasteiger partial charge in [-0.2, -0.15) is 0 Å². The summed E-state index contributed by atoms with van der Waals surface area (Å²) < 4.78 is 9.95. The number of hydrogen-bond donors (Lipinski definition) is 1. The molecule has 15 heavy (non-hydrogen) atoms. The van der Waals surface area contributed by atoms with Crippen molar-refractivity contribution in [2.45, 2.75) is 25.9 Å². The molecule has 0 aliphatic rings. The van der Waals surface area contributed by atoms with Gasteiger partial charge in [0.25, 0.3) is 0 Å². The average Bonchev–Trinajstić information content (AvgIpc) is 2.76. The lowest BCUT2D eigenvalue weighted by Crippen LogP contribution is -2.25. The van der Waals surface area contributed by atoms with Gasteiger partial charge in [0.15, 0.2) is 6.10 Å². The van der Waals surface area contributed by atoms with Gasteiger partial charge in [0.1, 0.15) is 0 Å². The van der Waals surface area contributed by atoms with Crippen LogP contribution in [0.15, 0.2) is 6.20 Å². The Kier molecular flexibility index (Phi) is 4.76. The number of H-pyrrole nitrogens is 1. The molecule has 0 amide bonds. The zero-order valence-corrected chi connectivity index (χ0v) is 8.90. The lowest BCUT2D eigenvalue weighted by molar-refractivity contribution is -0.154. The van der Waals surface area contributed by atoms with Gasteiger partial charge in [0, 0.05) is 12.6 Å². The summed E-state index contributed by atoms with van der Waals surface area (Å²) in [6.07, 6.45) is 2.44. The molecule has 1 aromatic rings. The monoisotopic (exact) mass is 213 g/mol. The van der Waals surface area contributed by atoms with Crippen LogP contribution in [0.1, 0.15) is 19.0 Å². The van der Waals surface area contributed by atoms with Crippen molar-refractivity contribution >= 4 is 5.97 Å². The fraction of sp³-hybridized carbons (Fsp3) is 0.667. The highest BCUT2D eigenvalue weighted by Crippen LogP contribution is 2.02. The summed E-state index contributed by atoms with van der Waals surface area (Å²) in [5.41, 5.74) is 0.815. The SMILES string of the molecule is CCC(OCCc1c[nH]nn1)C(=O)OC. The van der Waals surface area contributed by atoms with Gasteiger partial charge < -0.3 is 9.47 Å². The standard InChI is InChI=1S/C9H15N3O3/c1-3-8(9(13)14-2)15-5-4-7-6-10-12-11-7/h6,8H,3-5H2,1-2H3,(H,10,11,12). The molecule has 1 aromatic heterocycles. The number of nitrogens with one attached hydrogen (secondary N) is 1. The van der Waals surface area contributed by atoms with Crippen LogP contribution in [0.5, 0.6) is 0 Å². The first kappa shape index (κ1) is 11.6. The second-order valence-electron chi connectivity index (χ2n) is 3.01. The summed E-state index contributed by atoms with van der Waals surface area (Å²) in [7, 11) is 1.35. The second kappa shape index (κ2) is 6.13. The maximum atomic E-state index is 11.2. The summed E-state index contributed by atoms with van der Waals surface area (Å²) in [5, 5.41) is 9.98. The molecule has 0 saturated carbocycles. The van der Waals surface area contributed by atoms with Crippen molar-refractivity contribution in [3.05, 3.63) is 11.9 Å². The molecule has 1 atom stereocenters. The van der Waals surface area contributed by atoms with Crippen LogP contribution >= 0.6 is 0 Å². The number of aromatic nitrogens is 3. The molecule has 6 heteroatoms. The van der Waals surface area contributed by atoms with E-state index in [-0.39, 0.29) is 5.97 Å². The topological polar surface area (TPSA) is 77.1 Å². The summed E-state index contributed by atoms with van der Waals surface area (Å²) >= 11 is 0. The van der Waals surface area contributed by atoms with E-state index in [1.54, 1.807) is 6.20 Å². The number of esters is 1. The van der Waals surface area contributed by atoms with Gasteiger partial charge in [-0.25, -0.2) is 4.79 Å². The predicted molar refractivity (Wildman–Crippen MR) is 52.1 cm³/mol. The zero-order valence-electron chi connectivity index (χ0n) is 8.90. The molecular weight excluding hydrogens is 198 g/mol. The third kappa shape index (κ3) is 3.67. The normalized spacial score (nSPS) is 12.4. The Bertz CT molecular complexity index is 287. The van der Waals surface area contributed by atoms with Crippen LogP contribution in [0.4, 0.5) is 0 Å². The van der Waals surface area contributed by atoms with Gasteiger partial charge >= 0.3 is 5.97 Å². The summed E-state index contributed by atoms with van der Waals surface area (Å²) in [4.78, 5) is 11.2. The Morgan fingerprint density at radius 3 is 3.00 bits per heavy atom. The van der Waals surface area contributed by atoms with E-state index >= 15 is 0 Å². The minimum Gasteiger partial charge on any atom is -0.467 e.